The third-order valence-corrected chi connectivity index (χ3v) is 5.59. The number of hydrogen-bond donors (Lipinski definition) is 0. The van der Waals surface area contributed by atoms with Gasteiger partial charge in [0.2, 0.25) is 5.75 Å². The van der Waals surface area contributed by atoms with Crippen LogP contribution in [0.1, 0.15) is 10.4 Å². The Kier molecular flexibility index (Phi) is 6.38. The Labute approximate surface area is 181 Å². The van der Waals surface area contributed by atoms with Crippen LogP contribution in [-0.2, 0) is 6.54 Å². The summed E-state index contributed by atoms with van der Waals surface area (Å²) < 4.78 is 18.4. The van der Waals surface area contributed by atoms with Crippen molar-refractivity contribution in [3.8, 4) is 29.6 Å². The molecule has 6 nitrogen and oxygen atoms in total. The summed E-state index contributed by atoms with van der Waals surface area (Å²) in [5, 5.41) is 0.916. The van der Waals surface area contributed by atoms with Crippen LogP contribution in [0, 0.1) is 12.3 Å². The lowest BCUT2D eigenvalue weighted by molar-refractivity contribution is 0.0997. The molecule has 1 aromatic heterocycles. The maximum atomic E-state index is 12.9. The number of rotatable bonds is 5. The fourth-order valence-corrected chi connectivity index (χ4v) is 4.62. The van der Waals surface area contributed by atoms with Gasteiger partial charge >= 0.3 is 0 Å². The molecule has 3 aromatic rings. The fourth-order valence-electron chi connectivity index (χ4n) is 2.81. The first-order valence-corrected chi connectivity index (χ1v) is 9.81. The monoisotopic (exact) mass is 450 g/mol. The molecule has 150 valence electrons. The summed E-state index contributed by atoms with van der Waals surface area (Å²) in [7, 11) is 4.43. The van der Waals surface area contributed by atoms with Crippen molar-refractivity contribution in [2.45, 2.75) is 6.54 Å². The second-order valence-corrected chi connectivity index (χ2v) is 7.59. The molecule has 0 saturated heterocycles. The number of carbonyl (C=O) groups excluding carboxylic acids is 1. The van der Waals surface area contributed by atoms with E-state index in [2.05, 4.69) is 10.9 Å². The number of amides is 1. The highest BCUT2D eigenvalue weighted by Crippen LogP contribution is 2.38. The van der Waals surface area contributed by atoms with Gasteiger partial charge in [-0.1, -0.05) is 40.5 Å². The first kappa shape index (κ1) is 21.1. The zero-order valence-corrected chi connectivity index (χ0v) is 18.1. The summed E-state index contributed by atoms with van der Waals surface area (Å²) in [6, 6.07) is 6.45. The van der Waals surface area contributed by atoms with E-state index in [4.69, 9.17) is 43.8 Å². The average Bonchev–Trinajstić information content (AvgIpc) is 3.03. The maximum absolute atomic E-state index is 12.9. The number of fused-ring (bicyclic) bond motifs is 1. The van der Waals surface area contributed by atoms with E-state index in [-0.39, 0.29) is 12.1 Å². The van der Waals surface area contributed by atoms with Crippen molar-refractivity contribution in [3.05, 3.63) is 44.7 Å². The average molecular weight is 451 g/mol. The number of benzene rings is 2. The van der Waals surface area contributed by atoms with Crippen LogP contribution in [0.5, 0.6) is 17.2 Å². The molecule has 3 rings (SSSR count). The Morgan fingerprint density at radius 1 is 1.14 bits per heavy atom. The van der Waals surface area contributed by atoms with E-state index in [1.807, 2.05) is 0 Å². The number of nitrogens with zero attached hydrogens (tertiary/aromatic N) is 2. The van der Waals surface area contributed by atoms with Gasteiger partial charge in [0, 0.05) is 10.6 Å². The number of terminal acetylenes is 1. The molecule has 0 unspecified atom stereocenters. The minimum absolute atomic E-state index is 0.197. The number of hydrogen-bond acceptors (Lipinski definition) is 5. The van der Waals surface area contributed by atoms with Crippen LogP contribution >= 0.6 is 34.5 Å². The van der Waals surface area contributed by atoms with E-state index in [0.717, 1.165) is 4.70 Å². The second-order valence-electron chi connectivity index (χ2n) is 5.74. The Morgan fingerprint density at radius 2 is 1.79 bits per heavy atom. The molecular formula is C20H16Cl2N2O4S. The van der Waals surface area contributed by atoms with Gasteiger partial charge in [-0.3, -0.25) is 4.79 Å². The summed E-state index contributed by atoms with van der Waals surface area (Å²) in [6.45, 7) is 0.197. The van der Waals surface area contributed by atoms with Crippen molar-refractivity contribution in [3.63, 3.8) is 0 Å². The summed E-state index contributed by atoms with van der Waals surface area (Å²) in [5.41, 5.74) is 0.948. The second kappa shape index (κ2) is 8.78. The van der Waals surface area contributed by atoms with Crippen LogP contribution in [0.2, 0.25) is 10.0 Å². The Morgan fingerprint density at radius 3 is 2.34 bits per heavy atom. The Bertz CT molecular complexity index is 1180. The fraction of sp³-hybridized carbons (Fsp3) is 0.200. The van der Waals surface area contributed by atoms with Crippen LogP contribution in [0.4, 0.5) is 0 Å². The first-order chi connectivity index (χ1) is 13.9. The van der Waals surface area contributed by atoms with E-state index in [1.54, 1.807) is 16.7 Å². The Hall–Kier alpha value is -2.66. The number of methoxy groups -OCH3 is 3. The Balaban J connectivity index is 2.19. The van der Waals surface area contributed by atoms with Crippen LogP contribution in [0.25, 0.3) is 10.2 Å². The van der Waals surface area contributed by atoms with Crippen molar-refractivity contribution in [2.75, 3.05) is 21.3 Å². The molecular weight excluding hydrogens is 435 g/mol. The van der Waals surface area contributed by atoms with Crippen LogP contribution in [0.15, 0.2) is 29.3 Å². The van der Waals surface area contributed by atoms with E-state index in [0.29, 0.717) is 37.6 Å². The van der Waals surface area contributed by atoms with Gasteiger partial charge in [0.05, 0.1) is 43.1 Å². The zero-order valence-electron chi connectivity index (χ0n) is 15.8. The smallest absolute Gasteiger partial charge is 0.279 e. The van der Waals surface area contributed by atoms with Crippen molar-refractivity contribution in [1.29, 1.82) is 0 Å². The number of halogens is 2. The number of aromatic nitrogens is 1. The minimum atomic E-state index is -0.496. The number of carbonyl (C=O) groups is 1. The third kappa shape index (κ3) is 4.06. The predicted molar refractivity (Wildman–Crippen MR) is 115 cm³/mol. The molecule has 29 heavy (non-hydrogen) atoms. The number of ether oxygens (including phenoxy) is 3. The summed E-state index contributed by atoms with van der Waals surface area (Å²) in [6.07, 6.45) is 5.50. The SMILES string of the molecule is C#CCn1c(=NC(=O)c2cc(OC)c(OC)c(OC)c2)sc2cc(Cl)cc(Cl)c21. The van der Waals surface area contributed by atoms with Gasteiger partial charge < -0.3 is 18.8 Å². The van der Waals surface area contributed by atoms with Gasteiger partial charge in [0.25, 0.3) is 5.91 Å². The molecule has 0 aliphatic rings. The van der Waals surface area contributed by atoms with Gasteiger partial charge in [-0.15, -0.1) is 6.42 Å². The molecule has 0 radical (unpaired) electrons. The van der Waals surface area contributed by atoms with Crippen LogP contribution in [0.3, 0.4) is 0 Å². The molecule has 0 aliphatic carbocycles. The maximum Gasteiger partial charge on any atom is 0.279 e. The quantitative estimate of drug-likeness (QED) is 0.540. The molecule has 1 heterocycles. The molecule has 0 fully saturated rings. The predicted octanol–water partition coefficient (Wildman–Crippen LogP) is 4.41. The van der Waals surface area contributed by atoms with E-state index < -0.39 is 5.91 Å². The largest absolute Gasteiger partial charge is 0.493 e. The standard InChI is InChI=1S/C20H16Cl2N2O4S/c1-5-6-24-17-13(22)9-12(21)10-16(17)29-20(24)23-19(25)11-7-14(26-2)18(28-4)15(8-11)27-3/h1,7-10H,6H2,2-4H3. The van der Waals surface area contributed by atoms with Gasteiger partial charge in [-0.25, -0.2) is 0 Å². The summed E-state index contributed by atoms with van der Waals surface area (Å²) >= 11 is 13.7. The molecule has 1 amide bonds. The molecule has 0 N–H and O–H groups in total. The molecule has 0 saturated carbocycles. The zero-order chi connectivity index (χ0) is 21.1. The van der Waals surface area contributed by atoms with Crippen molar-refractivity contribution < 1.29 is 19.0 Å². The highest BCUT2D eigenvalue weighted by molar-refractivity contribution is 7.16. The molecule has 0 bridgehead atoms. The number of thiazole rings is 1. The normalized spacial score (nSPS) is 11.4. The van der Waals surface area contributed by atoms with Crippen molar-refractivity contribution in [2.24, 2.45) is 4.99 Å². The van der Waals surface area contributed by atoms with Gasteiger partial charge in [0.15, 0.2) is 16.3 Å². The summed E-state index contributed by atoms with van der Waals surface area (Å²) in [4.78, 5) is 17.6. The van der Waals surface area contributed by atoms with Crippen LogP contribution in [-0.4, -0.2) is 31.8 Å². The van der Waals surface area contributed by atoms with Gasteiger partial charge in [-0.05, 0) is 24.3 Å². The van der Waals surface area contributed by atoms with E-state index >= 15 is 0 Å². The third-order valence-electron chi connectivity index (χ3n) is 4.05. The molecule has 9 heteroatoms. The van der Waals surface area contributed by atoms with Gasteiger partial charge in [-0.2, -0.15) is 4.99 Å². The molecule has 0 aliphatic heterocycles. The minimum Gasteiger partial charge on any atom is -0.493 e. The van der Waals surface area contributed by atoms with Crippen molar-refractivity contribution >= 4 is 50.7 Å². The van der Waals surface area contributed by atoms with Gasteiger partial charge in [0.1, 0.15) is 0 Å². The highest BCUT2D eigenvalue weighted by Gasteiger charge is 2.18. The highest BCUT2D eigenvalue weighted by atomic mass is 35.5. The molecule has 0 atom stereocenters. The first-order valence-electron chi connectivity index (χ1n) is 8.24. The lowest BCUT2D eigenvalue weighted by Gasteiger charge is -2.12. The van der Waals surface area contributed by atoms with Crippen molar-refractivity contribution in [1.82, 2.24) is 4.57 Å². The van der Waals surface area contributed by atoms with E-state index in [1.165, 1.54) is 44.8 Å². The topological polar surface area (TPSA) is 62.1 Å². The van der Waals surface area contributed by atoms with Crippen LogP contribution < -0.4 is 19.0 Å². The molecule has 2 aromatic carbocycles. The molecule has 0 spiro atoms. The van der Waals surface area contributed by atoms with E-state index in [9.17, 15) is 4.79 Å². The summed E-state index contributed by atoms with van der Waals surface area (Å²) in [5.74, 6) is 3.16. The lowest BCUT2D eigenvalue weighted by atomic mass is 10.1. The lowest BCUT2D eigenvalue weighted by Crippen LogP contribution is -2.16.